The molecule has 1 amide bonds. The predicted molar refractivity (Wildman–Crippen MR) is 125 cm³/mol. The van der Waals surface area contributed by atoms with E-state index in [4.69, 9.17) is 5.11 Å². The number of aromatic nitrogens is 1. The van der Waals surface area contributed by atoms with Gasteiger partial charge >= 0.3 is 0 Å². The number of amides is 1. The zero-order chi connectivity index (χ0) is 24.6. The Bertz CT molecular complexity index is 1200. The SMILES string of the molecule is O=C(NCCO)c1cc(S(=O)(=O)c2ccc(CCNC[C@H](O)c3cccnc3)cc2)ccc1O. The van der Waals surface area contributed by atoms with E-state index in [0.717, 1.165) is 23.3 Å². The van der Waals surface area contributed by atoms with Crippen molar-refractivity contribution in [1.82, 2.24) is 15.6 Å². The highest BCUT2D eigenvalue weighted by Gasteiger charge is 2.21. The Kier molecular flexibility index (Phi) is 8.72. The third-order valence-corrected chi connectivity index (χ3v) is 6.92. The summed E-state index contributed by atoms with van der Waals surface area (Å²) in [5.41, 5.74) is 1.45. The van der Waals surface area contributed by atoms with E-state index in [2.05, 4.69) is 15.6 Å². The van der Waals surface area contributed by atoms with E-state index in [1.165, 1.54) is 18.2 Å². The lowest BCUT2D eigenvalue weighted by Gasteiger charge is -2.12. The van der Waals surface area contributed by atoms with Gasteiger partial charge < -0.3 is 26.0 Å². The highest BCUT2D eigenvalue weighted by molar-refractivity contribution is 7.91. The van der Waals surface area contributed by atoms with Crippen LogP contribution in [0.1, 0.15) is 27.6 Å². The molecule has 180 valence electrons. The summed E-state index contributed by atoms with van der Waals surface area (Å²) < 4.78 is 26.0. The monoisotopic (exact) mass is 485 g/mol. The van der Waals surface area contributed by atoms with Crippen molar-refractivity contribution in [3.8, 4) is 5.75 Å². The first-order valence-electron chi connectivity index (χ1n) is 10.7. The van der Waals surface area contributed by atoms with Crippen LogP contribution >= 0.6 is 0 Å². The Morgan fingerprint density at radius 1 is 1.03 bits per heavy atom. The summed E-state index contributed by atoms with van der Waals surface area (Å²) in [7, 11) is -3.91. The van der Waals surface area contributed by atoms with Crippen LogP contribution in [0.5, 0.6) is 5.75 Å². The molecular weight excluding hydrogens is 458 g/mol. The summed E-state index contributed by atoms with van der Waals surface area (Å²) in [6.45, 7) is 0.659. The van der Waals surface area contributed by atoms with E-state index in [1.54, 1.807) is 36.7 Å². The van der Waals surface area contributed by atoms with Gasteiger partial charge in [-0.2, -0.15) is 0 Å². The van der Waals surface area contributed by atoms with Crippen LogP contribution in [0.25, 0.3) is 0 Å². The Morgan fingerprint density at radius 3 is 2.44 bits per heavy atom. The van der Waals surface area contributed by atoms with Crippen molar-refractivity contribution >= 4 is 15.7 Å². The maximum Gasteiger partial charge on any atom is 0.255 e. The number of pyridine rings is 1. The molecule has 0 aliphatic carbocycles. The molecule has 3 rings (SSSR count). The number of phenols is 1. The van der Waals surface area contributed by atoms with Crippen molar-refractivity contribution in [2.45, 2.75) is 22.3 Å². The molecule has 3 aromatic rings. The van der Waals surface area contributed by atoms with Gasteiger partial charge in [0.2, 0.25) is 9.84 Å². The van der Waals surface area contributed by atoms with Crippen molar-refractivity contribution in [3.63, 3.8) is 0 Å². The van der Waals surface area contributed by atoms with Crippen LogP contribution < -0.4 is 10.6 Å². The van der Waals surface area contributed by atoms with E-state index in [-0.39, 0.29) is 34.3 Å². The van der Waals surface area contributed by atoms with Crippen LogP contribution in [0.4, 0.5) is 0 Å². The summed E-state index contributed by atoms with van der Waals surface area (Å²) >= 11 is 0. The van der Waals surface area contributed by atoms with Crippen molar-refractivity contribution in [3.05, 3.63) is 83.7 Å². The third kappa shape index (κ3) is 6.39. The van der Waals surface area contributed by atoms with E-state index in [9.17, 15) is 23.4 Å². The van der Waals surface area contributed by atoms with Gasteiger partial charge in [-0.1, -0.05) is 18.2 Å². The molecule has 1 aromatic heterocycles. The number of rotatable bonds is 11. The fraction of sp³-hybridized carbons (Fsp3) is 0.250. The smallest absolute Gasteiger partial charge is 0.255 e. The summed E-state index contributed by atoms with van der Waals surface area (Å²) in [4.78, 5) is 16.0. The van der Waals surface area contributed by atoms with Gasteiger partial charge in [0, 0.05) is 31.0 Å². The second kappa shape index (κ2) is 11.7. The normalized spacial score (nSPS) is 12.3. The number of hydrogen-bond acceptors (Lipinski definition) is 8. The van der Waals surface area contributed by atoms with Crippen molar-refractivity contribution < 1.29 is 28.5 Å². The van der Waals surface area contributed by atoms with Gasteiger partial charge in [-0.15, -0.1) is 0 Å². The molecule has 0 radical (unpaired) electrons. The number of aliphatic hydroxyl groups excluding tert-OH is 2. The number of nitrogens with zero attached hydrogens (tertiary/aromatic N) is 1. The van der Waals surface area contributed by atoms with Crippen LogP contribution in [0.3, 0.4) is 0 Å². The highest BCUT2D eigenvalue weighted by atomic mass is 32.2. The number of carbonyl (C=O) groups is 1. The quantitative estimate of drug-likeness (QED) is 0.255. The van der Waals surface area contributed by atoms with Gasteiger partial charge in [-0.3, -0.25) is 9.78 Å². The maximum atomic E-state index is 13.0. The minimum atomic E-state index is -3.91. The fourth-order valence-corrected chi connectivity index (χ4v) is 4.55. The molecule has 0 fully saturated rings. The molecule has 0 spiro atoms. The van der Waals surface area contributed by atoms with Gasteiger partial charge in [0.05, 0.1) is 28.1 Å². The molecule has 0 saturated heterocycles. The number of phenolic OH excluding ortho intramolecular Hbond substituents is 1. The summed E-state index contributed by atoms with van der Waals surface area (Å²) in [6.07, 6.45) is 3.23. The zero-order valence-corrected chi connectivity index (χ0v) is 19.2. The fourth-order valence-electron chi connectivity index (χ4n) is 3.26. The Morgan fingerprint density at radius 2 is 1.76 bits per heavy atom. The van der Waals surface area contributed by atoms with Crippen LogP contribution in [0.2, 0.25) is 0 Å². The van der Waals surface area contributed by atoms with Crippen LogP contribution in [-0.4, -0.2) is 60.9 Å². The lowest BCUT2D eigenvalue weighted by molar-refractivity contribution is 0.0942. The van der Waals surface area contributed by atoms with E-state index >= 15 is 0 Å². The molecule has 2 aromatic carbocycles. The van der Waals surface area contributed by atoms with Crippen LogP contribution in [-0.2, 0) is 16.3 Å². The molecule has 0 unspecified atom stereocenters. The molecule has 5 N–H and O–H groups in total. The Hall–Kier alpha value is -3.31. The van der Waals surface area contributed by atoms with E-state index in [1.807, 2.05) is 0 Å². The number of hydrogen-bond donors (Lipinski definition) is 5. The standard InChI is InChI=1S/C24H27N3O6S/c28-13-12-27-24(31)21-14-20(7-8-22(21)29)34(32,33)19-5-3-17(4-6-19)9-11-26-16-23(30)18-2-1-10-25-15-18/h1-8,10,14-15,23,26,28-30H,9,11-13,16H2,(H,27,31)/t23-/m0/s1. The van der Waals surface area contributed by atoms with Crippen LogP contribution in [0.15, 0.2) is 76.8 Å². The summed E-state index contributed by atoms with van der Waals surface area (Å²) in [6, 6.07) is 13.5. The van der Waals surface area contributed by atoms with Crippen molar-refractivity contribution in [2.75, 3.05) is 26.2 Å². The largest absolute Gasteiger partial charge is 0.507 e. The summed E-state index contributed by atoms with van der Waals surface area (Å²) in [5.74, 6) is -1.04. The maximum absolute atomic E-state index is 13.0. The Labute approximate surface area is 198 Å². The second-order valence-corrected chi connectivity index (χ2v) is 9.51. The van der Waals surface area contributed by atoms with Crippen molar-refractivity contribution in [1.29, 1.82) is 0 Å². The molecule has 9 nitrogen and oxygen atoms in total. The molecule has 34 heavy (non-hydrogen) atoms. The molecule has 0 bridgehead atoms. The van der Waals surface area contributed by atoms with E-state index in [0.29, 0.717) is 19.5 Å². The number of aromatic hydroxyl groups is 1. The lowest BCUT2D eigenvalue weighted by Crippen LogP contribution is -2.26. The van der Waals surface area contributed by atoms with Gasteiger partial charge in [-0.05, 0) is 54.9 Å². The number of benzene rings is 2. The summed E-state index contributed by atoms with van der Waals surface area (Å²) in [5, 5.41) is 34.5. The zero-order valence-electron chi connectivity index (χ0n) is 18.4. The van der Waals surface area contributed by atoms with Crippen LogP contribution in [0, 0.1) is 0 Å². The first kappa shape index (κ1) is 25.3. The first-order valence-corrected chi connectivity index (χ1v) is 12.2. The molecule has 1 atom stereocenters. The number of aliphatic hydroxyl groups is 2. The molecule has 10 heteroatoms. The molecule has 0 saturated carbocycles. The van der Waals surface area contributed by atoms with Gasteiger partial charge in [-0.25, -0.2) is 8.42 Å². The molecular formula is C24H27N3O6S. The Balaban J connectivity index is 1.62. The van der Waals surface area contributed by atoms with Gasteiger partial charge in [0.25, 0.3) is 5.91 Å². The molecule has 0 aliphatic rings. The number of nitrogens with one attached hydrogen (secondary N) is 2. The van der Waals surface area contributed by atoms with E-state index < -0.39 is 21.8 Å². The first-order chi connectivity index (χ1) is 16.3. The highest BCUT2D eigenvalue weighted by Crippen LogP contribution is 2.26. The van der Waals surface area contributed by atoms with Gasteiger partial charge in [0.1, 0.15) is 5.75 Å². The number of carbonyl (C=O) groups excluding carboxylic acids is 1. The van der Waals surface area contributed by atoms with Crippen molar-refractivity contribution in [2.24, 2.45) is 0 Å². The topological polar surface area (TPSA) is 149 Å². The lowest BCUT2D eigenvalue weighted by atomic mass is 10.1. The molecule has 0 aliphatic heterocycles. The second-order valence-electron chi connectivity index (χ2n) is 7.56. The third-order valence-electron chi connectivity index (χ3n) is 5.15. The number of sulfone groups is 1. The minimum absolute atomic E-state index is 0.0198. The molecule has 1 heterocycles. The minimum Gasteiger partial charge on any atom is -0.507 e. The predicted octanol–water partition coefficient (Wildman–Crippen LogP) is 1.21. The average molecular weight is 486 g/mol. The average Bonchev–Trinajstić information content (AvgIpc) is 2.86. The van der Waals surface area contributed by atoms with Gasteiger partial charge in [0.15, 0.2) is 0 Å².